The molecule has 5 atom stereocenters. The molecule has 0 aromatic heterocycles. The van der Waals surface area contributed by atoms with Crippen LogP contribution in [0.3, 0.4) is 0 Å². The molecule has 19 heavy (non-hydrogen) atoms. The molecule has 3 nitrogen and oxygen atoms in total. The molecule has 0 aromatic carbocycles. The fraction of sp³-hybridized carbons (Fsp3) is 1.00. The molecule has 0 radical (unpaired) electrons. The van der Waals surface area contributed by atoms with Crippen molar-refractivity contribution in [1.82, 2.24) is 10.4 Å². The highest BCUT2D eigenvalue weighted by Gasteiger charge is 2.42. The van der Waals surface area contributed by atoms with E-state index in [0.29, 0.717) is 18.0 Å². The van der Waals surface area contributed by atoms with Crippen LogP contribution in [-0.2, 0) is 0 Å². The van der Waals surface area contributed by atoms with Crippen molar-refractivity contribution in [3.8, 4) is 0 Å². The van der Waals surface area contributed by atoms with Gasteiger partial charge in [-0.05, 0) is 51.4 Å². The predicted molar refractivity (Wildman–Crippen MR) is 81.7 cm³/mol. The molecule has 1 heterocycles. The Morgan fingerprint density at radius 3 is 2.26 bits per heavy atom. The van der Waals surface area contributed by atoms with Crippen LogP contribution in [0.25, 0.3) is 0 Å². The van der Waals surface area contributed by atoms with Crippen molar-refractivity contribution in [3.63, 3.8) is 0 Å². The summed E-state index contributed by atoms with van der Waals surface area (Å²) in [4.78, 5) is 0. The lowest BCUT2D eigenvalue weighted by Crippen LogP contribution is -2.67. The second-order valence-electron chi connectivity index (χ2n) is 7.30. The van der Waals surface area contributed by atoms with Crippen LogP contribution < -0.4 is 11.2 Å². The van der Waals surface area contributed by atoms with Crippen LogP contribution in [0.4, 0.5) is 0 Å². The van der Waals surface area contributed by atoms with E-state index in [2.05, 4.69) is 38.1 Å². The molecule has 112 valence electrons. The zero-order valence-electron chi connectivity index (χ0n) is 13.3. The van der Waals surface area contributed by atoms with E-state index < -0.39 is 0 Å². The van der Waals surface area contributed by atoms with Crippen molar-refractivity contribution < 1.29 is 0 Å². The van der Waals surface area contributed by atoms with Gasteiger partial charge in [0.1, 0.15) is 0 Å². The maximum atomic E-state index is 6.21. The smallest absolute Gasteiger partial charge is 0.0476 e. The van der Waals surface area contributed by atoms with Gasteiger partial charge in [0.15, 0.2) is 0 Å². The van der Waals surface area contributed by atoms with Gasteiger partial charge in [0.2, 0.25) is 0 Å². The second-order valence-corrected chi connectivity index (χ2v) is 7.30. The second kappa shape index (κ2) is 6.11. The number of hydrazine groups is 1. The molecular weight excluding hydrogens is 234 g/mol. The number of nitrogens with one attached hydrogen (secondary N) is 1. The first-order chi connectivity index (χ1) is 8.98. The Morgan fingerprint density at radius 2 is 1.68 bits per heavy atom. The molecule has 1 saturated heterocycles. The Balaban J connectivity index is 2.12. The molecule has 1 saturated carbocycles. The van der Waals surface area contributed by atoms with Crippen molar-refractivity contribution in [3.05, 3.63) is 0 Å². The lowest BCUT2D eigenvalue weighted by Gasteiger charge is -2.51. The highest BCUT2D eigenvalue weighted by Crippen LogP contribution is 2.37. The SMILES string of the molecule is CC1CCC(C)C(CN)(NN2C(C)CCCC2C)C1. The minimum absolute atomic E-state index is 0.123. The number of nitrogens with zero attached hydrogens (tertiary/aromatic N) is 1. The number of hydrogen-bond donors (Lipinski definition) is 2. The van der Waals surface area contributed by atoms with E-state index in [9.17, 15) is 0 Å². The monoisotopic (exact) mass is 267 g/mol. The number of hydrogen-bond acceptors (Lipinski definition) is 3. The molecule has 3 N–H and O–H groups in total. The van der Waals surface area contributed by atoms with Crippen LogP contribution in [0.1, 0.15) is 66.2 Å². The minimum atomic E-state index is 0.123. The normalized spacial score (nSPS) is 45.3. The summed E-state index contributed by atoms with van der Waals surface area (Å²) < 4.78 is 0. The van der Waals surface area contributed by atoms with Crippen LogP contribution in [-0.4, -0.2) is 29.2 Å². The highest BCUT2D eigenvalue weighted by atomic mass is 15.6. The van der Waals surface area contributed by atoms with Gasteiger partial charge in [0, 0.05) is 24.2 Å². The standard InChI is InChI=1S/C16H33N3/c1-12-8-9-13(2)16(10-12,11-17)18-19-14(3)6-5-7-15(19)4/h12-15,18H,5-11,17H2,1-4H3. The molecule has 0 bridgehead atoms. The summed E-state index contributed by atoms with van der Waals surface area (Å²) in [5.41, 5.74) is 10.2. The quantitative estimate of drug-likeness (QED) is 0.826. The van der Waals surface area contributed by atoms with Crippen molar-refractivity contribution in [2.75, 3.05) is 6.54 Å². The lowest BCUT2D eigenvalue weighted by atomic mass is 9.70. The first-order valence-electron chi connectivity index (χ1n) is 8.24. The Morgan fingerprint density at radius 1 is 1.05 bits per heavy atom. The first kappa shape index (κ1) is 15.3. The number of piperidine rings is 1. The molecule has 3 heteroatoms. The number of rotatable bonds is 3. The molecular formula is C16H33N3. The van der Waals surface area contributed by atoms with Gasteiger partial charge in [-0.3, -0.25) is 0 Å². The molecule has 0 spiro atoms. The summed E-state index contributed by atoms with van der Waals surface area (Å²) in [5.74, 6) is 1.47. The summed E-state index contributed by atoms with van der Waals surface area (Å²) >= 11 is 0. The topological polar surface area (TPSA) is 41.3 Å². The van der Waals surface area contributed by atoms with Gasteiger partial charge in [-0.2, -0.15) is 0 Å². The fourth-order valence-corrected chi connectivity index (χ4v) is 4.12. The number of nitrogens with two attached hydrogens (primary N) is 1. The Labute approximate surface area is 119 Å². The Kier molecular flexibility index (Phi) is 4.91. The van der Waals surface area contributed by atoms with Gasteiger partial charge >= 0.3 is 0 Å². The Bertz CT molecular complexity index is 284. The van der Waals surface area contributed by atoms with Crippen LogP contribution in [0.15, 0.2) is 0 Å². The average Bonchev–Trinajstić information content (AvgIpc) is 2.38. The van der Waals surface area contributed by atoms with Crippen LogP contribution in [0.2, 0.25) is 0 Å². The van der Waals surface area contributed by atoms with E-state index in [-0.39, 0.29) is 5.54 Å². The molecule has 1 aliphatic heterocycles. The Hall–Kier alpha value is -0.120. The summed E-state index contributed by atoms with van der Waals surface area (Å²) in [6, 6.07) is 1.27. The van der Waals surface area contributed by atoms with Crippen molar-refractivity contribution >= 4 is 0 Å². The zero-order chi connectivity index (χ0) is 14.0. The van der Waals surface area contributed by atoms with Crippen molar-refractivity contribution in [2.24, 2.45) is 17.6 Å². The van der Waals surface area contributed by atoms with Crippen LogP contribution in [0.5, 0.6) is 0 Å². The van der Waals surface area contributed by atoms with Gasteiger partial charge in [0.25, 0.3) is 0 Å². The fourth-order valence-electron chi connectivity index (χ4n) is 4.12. The van der Waals surface area contributed by atoms with E-state index in [1.54, 1.807) is 0 Å². The zero-order valence-corrected chi connectivity index (χ0v) is 13.3. The van der Waals surface area contributed by atoms with E-state index in [0.717, 1.165) is 12.5 Å². The van der Waals surface area contributed by atoms with Crippen molar-refractivity contribution in [1.29, 1.82) is 0 Å². The molecule has 2 aliphatic rings. The van der Waals surface area contributed by atoms with E-state index in [1.807, 2.05) is 0 Å². The molecule has 0 aromatic rings. The van der Waals surface area contributed by atoms with Gasteiger partial charge < -0.3 is 5.73 Å². The third kappa shape index (κ3) is 3.14. The third-order valence-corrected chi connectivity index (χ3v) is 5.66. The van der Waals surface area contributed by atoms with Crippen LogP contribution in [0, 0.1) is 11.8 Å². The molecule has 2 fully saturated rings. The summed E-state index contributed by atoms with van der Waals surface area (Å²) in [6.07, 6.45) is 7.87. The molecule has 0 amide bonds. The van der Waals surface area contributed by atoms with E-state index >= 15 is 0 Å². The van der Waals surface area contributed by atoms with Gasteiger partial charge in [-0.25, -0.2) is 10.4 Å². The van der Waals surface area contributed by atoms with Gasteiger partial charge in [-0.1, -0.05) is 26.7 Å². The minimum Gasteiger partial charge on any atom is -0.329 e. The lowest BCUT2D eigenvalue weighted by molar-refractivity contribution is -0.0343. The largest absolute Gasteiger partial charge is 0.329 e. The summed E-state index contributed by atoms with van der Waals surface area (Å²) in [7, 11) is 0. The summed E-state index contributed by atoms with van der Waals surface area (Å²) in [6.45, 7) is 10.2. The highest BCUT2D eigenvalue weighted by molar-refractivity contribution is 4.98. The maximum absolute atomic E-state index is 6.21. The average molecular weight is 267 g/mol. The van der Waals surface area contributed by atoms with E-state index in [1.165, 1.54) is 38.5 Å². The maximum Gasteiger partial charge on any atom is 0.0476 e. The molecule has 1 aliphatic carbocycles. The molecule has 5 unspecified atom stereocenters. The third-order valence-electron chi connectivity index (χ3n) is 5.66. The molecule has 2 rings (SSSR count). The summed E-state index contributed by atoms with van der Waals surface area (Å²) in [5, 5.41) is 2.52. The predicted octanol–water partition coefficient (Wildman–Crippen LogP) is 2.91. The first-order valence-corrected chi connectivity index (χ1v) is 8.24. The van der Waals surface area contributed by atoms with Gasteiger partial charge in [-0.15, -0.1) is 0 Å². The van der Waals surface area contributed by atoms with Crippen LogP contribution >= 0.6 is 0 Å². The van der Waals surface area contributed by atoms with Gasteiger partial charge in [0.05, 0.1) is 0 Å². The van der Waals surface area contributed by atoms with Crippen molar-refractivity contribution in [2.45, 2.75) is 83.8 Å². The van der Waals surface area contributed by atoms with E-state index in [4.69, 9.17) is 5.73 Å².